The first-order chi connectivity index (χ1) is 17.6. The molecule has 0 bridgehead atoms. The van der Waals surface area contributed by atoms with Gasteiger partial charge in [-0.2, -0.15) is 13.2 Å². The quantitative estimate of drug-likeness (QED) is 0.396. The lowest BCUT2D eigenvalue weighted by Crippen LogP contribution is -2.57. The topological polar surface area (TPSA) is 81.9 Å². The molecule has 0 radical (unpaired) electrons. The SMILES string of the molecule is [C-]#[N+]c1cc(NCC(=O)N[C@H]2C[C@@H](N3CCC(O)(c4cccs4)CC3)C2)c2cc(C(F)(F)F)ccc2n1. The van der Waals surface area contributed by atoms with Crippen molar-refractivity contribution in [3.63, 3.8) is 0 Å². The zero-order valence-electron chi connectivity index (χ0n) is 19.9. The Balaban J connectivity index is 1.14. The van der Waals surface area contributed by atoms with Gasteiger partial charge >= 0.3 is 6.18 Å². The average molecular weight is 530 g/mol. The van der Waals surface area contributed by atoms with Gasteiger partial charge in [0.1, 0.15) is 5.60 Å². The Hall–Kier alpha value is -3.20. The minimum Gasteiger partial charge on any atom is -0.384 e. The van der Waals surface area contributed by atoms with Crippen LogP contribution in [0.1, 0.15) is 36.1 Å². The predicted molar refractivity (Wildman–Crippen MR) is 135 cm³/mol. The van der Waals surface area contributed by atoms with Crippen LogP contribution in [0.15, 0.2) is 41.8 Å². The van der Waals surface area contributed by atoms with E-state index in [1.807, 2.05) is 17.5 Å². The van der Waals surface area contributed by atoms with Crippen molar-refractivity contribution in [1.29, 1.82) is 0 Å². The number of anilines is 1. The van der Waals surface area contributed by atoms with Crippen molar-refractivity contribution >= 4 is 39.7 Å². The number of piperidine rings is 1. The van der Waals surface area contributed by atoms with Gasteiger partial charge < -0.3 is 20.6 Å². The fraction of sp³-hybridized carbons (Fsp3) is 0.423. The van der Waals surface area contributed by atoms with Crippen LogP contribution in [0.25, 0.3) is 15.7 Å². The molecule has 1 aromatic carbocycles. The average Bonchev–Trinajstić information content (AvgIpc) is 3.40. The molecule has 0 atom stereocenters. The highest BCUT2D eigenvalue weighted by atomic mass is 32.1. The monoisotopic (exact) mass is 529 g/mol. The molecule has 7 nitrogen and oxygen atoms in total. The van der Waals surface area contributed by atoms with Crippen LogP contribution in [0.4, 0.5) is 24.7 Å². The van der Waals surface area contributed by atoms with E-state index in [9.17, 15) is 23.1 Å². The van der Waals surface area contributed by atoms with Crippen LogP contribution < -0.4 is 10.6 Å². The van der Waals surface area contributed by atoms with Gasteiger partial charge in [-0.1, -0.05) is 12.6 Å². The normalized spacial score (nSPS) is 21.7. The van der Waals surface area contributed by atoms with Crippen LogP contribution in [-0.4, -0.2) is 52.6 Å². The van der Waals surface area contributed by atoms with Crippen LogP contribution in [0, 0.1) is 6.57 Å². The van der Waals surface area contributed by atoms with Crippen LogP contribution in [0.3, 0.4) is 0 Å². The van der Waals surface area contributed by atoms with Crippen molar-refractivity contribution < 1.29 is 23.1 Å². The Morgan fingerprint density at radius 3 is 2.65 bits per heavy atom. The van der Waals surface area contributed by atoms with Crippen LogP contribution in [0.2, 0.25) is 0 Å². The lowest BCUT2D eigenvalue weighted by atomic mass is 9.82. The van der Waals surface area contributed by atoms with E-state index in [-0.39, 0.29) is 40.9 Å². The molecule has 1 amide bonds. The fourth-order valence-electron chi connectivity index (χ4n) is 5.10. The third-order valence-electron chi connectivity index (χ3n) is 7.28. The lowest BCUT2D eigenvalue weighted by molar-refractivity contribution is -0.137. The van der Waals surface area contributed by atoms with Gasteiger partial charge in [0.2, 0.25) is 5.91 Å². The number of rotatable bonds is 6. The molecule has 194 valence electrons. The lowest BCUT2D eigenvalue weighted by Gasteiger charge is -2.47. The maximum absolute atomic E-state index is 13.2. The van der Waals surface area contributed by atoms with Crippen LogP contribution in [-0.2, 0) is 16.6 Å². The number of fused-ring (bicyclic) bond motifs is 1. The standard InChI is InChI=1S/C26H26F3N5O2S/c1-30-23-14-21(19-11-16(26(27,28)29)4-5-20(19)33-23)31-15-24(35)32-17-12-18(13-17)34-8-6-25(36,7-9-34)22-3-2-10-37-22/h2-5,10-11,14,17-18,36H,6-9,12-13,15H2,(H,31,33)(H,32,35)/t17-,18+. The van der Waals surface area contributed by atoms with Gasteiger partial charge in [-0.25, -0.2) is 0 Å². The first-order valence-electron chi connectivity index (χ1n) is 12.1. The number of amides is 1. The highest BCUT2D eigenvalue weighted by Crippen LogP contribution is 2.38. The number of carbonyl (C=O) groups is 1. The molecule has 0 spiro atoms. The molecule has 37 heavy (non-hydrogen) atoms. The van der Waals surface area contributed by atoms with Crippen molar-refractivity contribution in [2.24, 2.45) is 0 Å². The Morgan fingerprint density at radius 1 is 1.24 bits per heavy atom. The van der Waals surface area contributed by atoms with Gasteiger partial charge in [0.15, 0.2) is 5.52 Å². The molecule has 1 aliphatic carbocycles. The minimum atomic E-state index is -4.51. The summed E-state index contributed by atoms with van der Waals surface area (Å²) in [6.07, 6.45) is -1.50. The number of nitrogens with zero attached hydrogens (tertiary/aromatic N) is 3. The fourth-order valence-corrected chi connectivity index (χ4v) is 5.98. The molecule has 1 saturated carbocycles. The summed E-state index contributed by atoms with van der Waals surface area (Å²) >= 11 is 1.58. The molecule has 3 N–H and O–H groups in total. The molecule has 5 rings (SSSR count). The number of likely N-dealkylation sites (tertiary alicyclic amines) is 1. The zero-order chi connectivity index (χ0) is 26.2. The largest absolute Gasteiger partial charge is 0.416 e. The number of alkyl halides is 3. The maximum atomic E-state index is 13.2. The van der Waals surface area contributed by atoms with E-state index in [1.165, 1.54) is 12.1 Å². The first-order valence-corrected chi connectivity index (χ1v) is 13.0. The summed E-state index contributed by atoms with van der Waals surface area (Å²) < 4.78 is 39.6. The van der Waals surface area contributed by atoms with E-state index in [0.717, 1.165) is 42.9 Å². The second-order valence-corrected chi connectivity index (χ2v) is 10.6. The van der Waals surface area contributed by atoms with E-state index in [2.05, 4.69) is 25.4 Å². The smallest absolute Gasteiger partial charge is 0.384 e. The molecule has 1 aliphatic heterocycles. The minimum absolute atomic E-state index is 0.0298. The first kappa shape index (κ1) is 25.4. The van der Waals surface area contributed by atoms with Crippen molar-refractivity contribution in [2.75, 3.05) is 25.0 Å². The zero-order valence-corrected chi connectivity index (χ0v) is 20.7. The van der Waals surface area contributed by atoms with Gasteiger partial charge in [0, 0.05) is 41.1 Å². The van der Waals surface area contributed by atoms with E-state index >= 15 is 0 Å². The second-order valence-electron chi connectivity index (χ2n) is 9.66. The van der Waals surface area contributed by atoms with Gasteiger partial charge in [-0.3, -0.25) is 9.69 Å². The molecule has 2 aliphatic rings. The number of aromatic nitrogens is 1. The van der Waals surface area contributed by atoms with Crippen LogP contribution >= 0.6 is 11.3 Å². The summed E-state index contributed by atoms with van der Waals surface area (Å²) in [6, 6.07) is 8.82. The molecular formula is C26H26F3N5O2S. The molecular weight excluding hydrogens is 503 g/mol. The Morgan fingerprint density at radius 2 is 2.00 bits per heavy atom. The maximum Gasteiger partial charge on any atom is 0.416 e. The van der Waals surface area contributed by atoms with E-state index in [0.29, 0.717) is 18.9 Å². The van der Waals surface area contributed by atoms with Gasteiger partial charge in [0.25, 0.3) is 5.82 Å². The number of carbonyl (C=O) groups excluding carboxylic acids is 1. The summed E-state index contributed by atoms with van der Waals surface area (Å²) in [7, 11) is 0. The van der Waals surface area contributed by atoms with Crippen molar-refractivity contribution in [2.45, 2.75) is 49.5 Å². The number of thiophene rings is 1. The molecule has 2 aromatic heterocycles. The number of halogens is 3. The predicted octanol–water partition coefficient (Wildman–Crippen LogP) is 4.91. The van der Waals surface area contributed by atoms with E-state index < -0.39 is 17.3 Å². The number of hydrogen-bond donors (Lipinski definition) is 3. The Kier molecular flexibility index (Phi) is 6.83. The number of pyridine rings is 1. The Bertz CT molecular complexity index is 1320. The summed E-state index contributed by atoms with van der Waals surface area (Å²) in [5.41, 5.74) is -1.07. The summed E-state index contributed by atoms with van der Waals surface area (Å²) in [5, 5.41) is 19.0. The van der Waals surface area contributed by atoms with Gasteiger partial charge in [-0.15, -0.1) is 16.3 Å². The third-order valence-corrected chi connectivity index (χ3v) is 8.34. The molecule has 1 saturated heterocycles. The molecule has 2 fully saturated rings. The Labute approximate surface area is 216 Å². The number of hydrogen-bond acceptors (Lipinski definition) is 6. The van der Waals surface area contributed by atoms with Gasteiger partial charge in [0.05, 0.1) is 12.1 Å². The molecule has 11 heteroatoms. The summed E-state index contributed by atoms with van der Waals surface area (Å²) in [4.78, 5) is 23.3. The molecule has 3 heterocycles. The second kappa shape index (κ2) is 9.93. The summed E-state index contributed by atoms with van der Waals surface area (Å²) in [6.45, 7) is 8.70. The highest BCUT2D eigenvalue weighted by Gasteiger charge is 2.40. The highest BCUT2D eigenvalue weighted by molar-refractivity contribution is 7.10. The number of nitrogens with one attached hydrogen (secondary N) is 2. The number of benzene rings is 1. The van der Waals surface area contributed by atoms with Gasteiger partial charge in [-0.05, 0) is 61.4 Å². The summed E-state index contributed by atoms with van der Waals surface area (Å²) in [5.74, 6) is -0.236. The van der Waals surface area contributed by atoms with E-state index in [1.54, 1.807) is 11.3 Å². The van der Waals surface area contributed by atoms with Crippen molar-refractivity contribution in [3.05, 3.63) is 63.6 Å². The van der Waals surface area contributed by atoms with Crippen LogP contribution in [0.5, 0.6) is 0 Å². The third kappa shape index (κ3) is 5.42. The number of aliphatic hydroxyl groups is 1. The molecule has 0 unspecified atom stereocenters. The molecule has 3 aromatic rings. The van der Waals surface area contributed by atoms with Crippen molar-refractivity contribution in [1.82, 2.24) is 15.2 Å². The van der Waals surface area contributed by atoms with Crippen molar-refractivity contribution in [3.8, 4) is 0 Å². The van der Waals surface area contributed by atoms with E-state index in [4.69, 9.17) is 6.57 Å².